The molecule has 1 aromatic rings. The van der Waals surface area contributed by atoms with Crippen molar-refractivity contribution in [2.45, 2.75) is 24.2 Å². The predicted molar refractivity (Wildman–Crippen MR) is 91.9 cm³/mol. The molecule has 2 rings (SSSR count). The second-order valence-corrected chi connectivity index (χ2v) is 6.07. The number of rotatable bonds is 6. The second kappa shape index (κ2) is 7.78. The van der Waals surface area contributed by atoms with Crippen molar-refractivity contribution in [1.82, 2.24) is 5.32 Å². The van der Waals surface area contributed by atoms with Crippen LogP contribution in [0.25, 0.3) is 0 Å². The number of hydrogen-bond donors (Lipinski definition) is 1. The van der Waals surface area contributed by atoms with E-state index in [-0.39, 0.29) is 17.9 Å². The Morgan fingerprint density at radius 3 is 2.50 bits per heavy atom. The maximum absolute atomic E-state index is 14.1. The third-order valence-electron chi connectivity index (χ3n) is 4.64. The molecule has 1 heterocycles. The van der Waals surface area contributed by atoms with Gasteiger partial charge in [-0.3, -0.25) is 4.79 Å². The average Bonchev–Trinajstić information content (AvgIpc) is 3.04. The van der Waals surface area contributed by atoms with Crippen LogP contribution in [0.3, 0.4) is 0 Å². The Hall–Kier alpha value is -2.62. The van der Waals surface area contributed by atoms with Crippen LogP contribution in [0.5, 0.6) is 5.75 Å². The molecular weight excluding hydrogens is 387 g/mol. The van der Waals surface area contributed by atoms with Gasteiger partial charge in [0.25, 0.3) is 0 Å². The number of nitrogens with zero attached hydrogens (tertiary/aromatic N) is 1. The van der Waals surface area contributed by atoms with E-state index in [2.05, 4.69) is 18.5 Å². The summed E-state index contributed by atoms with van der Waals surface area (Å²) in [6, 6.07) is -0.166. The first-order chi connectivity index (χ1) is 13.0. The molecule has 1 fully saturated rings. The molecule has 28 heavy (non-hydrogen) atoms. The zero-order valence-electron chi connectivity index (χ0n) is 15.2. The van der Waals surface area contributed by atoms with E-state index < -0.39 is 47.5 Å². The number of nitrogens with one attached hydrogen (secondary N) is 1. The maximum atomic E-state index is 14.1. The van der Waals surface area contributed by atoms with Gasteiger partial charge >= 0.3 is 6.18 Å². The third-order valence-corrected chi connectivity index (χ3v) is 4.64. The van der Waals surface area contributed by atoms with Crippen LogP contribution in [-0.2, 0) is 9.53 Å². The number of halogens is 5. The van der Waals surface area contributed by atoms with Gasteiger partial charge in [-0.2, -0.15) is 17.6 Å². The molecule has 1 amide bonds. The van der Waals surface area contributed by atoms with Crippen LogP contribution in [0.15, 0.2) is 37.1 Å². The highest BCUT2D eigenvalue weighted by Crippen LogP contribution is 2.48. The first-order valence-electron chi connectivity index (χ1n) is 8.06. The zero-order chi connectivity index (χ0) is 21.3. The van der Waals surface area contributed by atoms with E-state index in [1.807, 2.05) is 0 Å². The monoisotopic (exact) mass is 406 g/mol. The van der Waals surface area contributed by atoms with E-state index in [0.717, 1.165) is 37.3 Å². The SMILES string of the molecule is C=CC(=C)NC(=O)C1N(c2ccc(F)c(F)c2OC)CCC1(OC)C(F)(F)F. The van der Waals surface area contributed by atoms with Crippen molar-refractivity contribution in [2.75, 3.05) is 25.7 Å². The van der Waals surface area contributed by atoms with E-state index >= 15 is 0 Å². The Balaban J connectivity index is 2.64. The summed E-state index contributed by atoms with van der Waals surface area (Å²) < 4.78 is 79.0. The van der Waals surface area contributed by atoms with Crippen LogP contribution in [0.4, 0.5) is 27.6 Å². The van der Waals surface area contributed by atoms with Gasteiger partial charge in [0.05, 0.1) is 12.8 Å². The van der Waals surface area contributed by atoms with Gasteiger partial charge in [0.1, 0.15) is 6.04 Å². The van der Waals surface area contributed by atoms with Gasteiger partial charge in [-0.1, -0.05) is 13.2 Å². The predicted octanol–water partition coefficient (Wildman–Crippen LogP) is 3.32. The summed E-state index contributed by atoms with van der Waals surface area (Å²) in [6.45, 7) is 6.51. The molecule has 2 atom stereocenters. The number of carbonyl (C=O) groups is 1. The Bertz CT molecular complexity index is 796. The van der Waals surface area contributed by atoms with Crippen molar-refractivity contribution < 1.29 is 36.2 Å². The number of carbonyl (C=O) groups excluding carboxylic acids is 1. The maximum Gasteiger partial charge on any atom is 0.420 e. The van der Waals surface area contributed by atoms with Crippen molar-refractivity contribution in [3.05, 3.63) is 48.7 Å². The van der Waals surface area contributed by atoms with Crippen LogP contribution in [0.2, 0.25) is 0 Å². The molecule has 1 aliphatic rings. The first-order valence-corrected chi connectivity index (χ1v) is 8.06. The Morgan fingerprint density at radius 1 is 1.36 bits per heavy atom. The van der Waals surface area contributed by atoms with Crippen molar-refractivity contribution in [1.29, 1.82) is 0 Å². The number of methoxy groups -OCH3 is 2. The fraction of sp³-hybridized carbons (Fsp3) is 0.389. The molecule has 5 nitrogen and oxygen atoms in total. The highest BCUT2D eigenvalue weighted by Gasteiger charge is 2.67. The minimum Gasteiger partial charge on any atom is -0.491 e. The Kier molecular flexibility index (Phi) is 6.03. The molecule has 0 radical (unpaired) electrons. The number of hydrogen-bond acceptors (Lipinski definition) is 4. The largest absolute Gasteiger partial charge is 0.491 e. The standard InChI is InChI=1S/C18H19F5N2O3/c1-5-10(2)24-16(26)15-17(28-4,18(21,22)23)8-9-25(15)12-7-6-11(19)13(20)14(12)27-3/h5-7,15H,1-2,8-9H2,3-4H3,(H,24,26). The summed E-state index contributed by atoms with van der Waals surface area (Å²) in [5, 5.41) is 2.21. The molecule has 10 heteroatoms. The minimum absolute atomic E-state index is 0.0266. The molecule has 0 saturated carbocycles. The molecule has 1 aromatic carbocycles. The van der Waals surface area contributed by atoms with Crippen molar-refractivity contribution >= 4 is 11.6 Å². The van der Waals surface area contributed by atoms with Crippen molar-refractivity contribution in [3.8, 4) is 5.75 Å². The van der Waals surface area contributed by atoms with Gasteiger partial charge in [0.15, 0.2) is 17.2 Å². The van der Waals surface area contributed by atoms with Crippen LogP contribution < -0.4 is 15.0 Å². The van der Waals surface area contributed by atoms with Gasteiger partial charge in [-0.25, -0.2) is 4.39 Å². The number of benzene rings is 1. The molecule has 1 aliphatic heterocycles. The van der Waals surface area contributed by atoms with Crippen LogP contribution in [0, 0.1) is 11.6 Å². The summed E-state index contributed by atoms with van der Waals surface area (Å²) in [7, 11) is 1.88. The summed E-state index contributed by atoms with van der Waals surface area (Å²) in [6.07, 6.45) is -4.40. The van der Waals surface area contributed by atoms with E-state index in [9.17, 15) is 26.7 Å². The fourth-order valence-electron chi connectivity index (χ4n) is 3.26. The van der Waals surface area contributed by atoms with Crippen molar-refractivity contribution in [2.24, 2.45) is 0 Å². The smallest absolute Gasteiger partial charge is 0.420 e. The summed E-state index contributed by atoms with van der Waals surface area (Å²) in [5.41, 5.74) is -3.12. The molecule has 1 saturated heterocycles. The second-order valence-electron chi connectivity index (χ2n) is 6.07. The quantitative estimate of drug-likeness (QED) is 0.582. The Labute approximate surface area is 158 Å². The number of alkyl halides is 3. The van der Waals surface area contributed by atoms with E-state index in [4.69, 9.17) is 9.47 Å². The summed E-state index contributed by atoms with van der Waals surface area (Å²) in [4.78, 5) is 13.7. The lowest BCUT2D eigenvalue weighted by molar-refractivity contribution is -0.269. The number of amides is 1. The number of anilines is 1. The average molecular weight is 406 g/mol. The fourth-order valence-corrected chi connectivity index (χ4v) is 3.26. The molecule has 2 unspecified atom stereocenters. The molecule has 0 aliphatic carbocycles. The minimum atomic E-state index is -4.93. The Morgan fingerprint density at radius 2 is 2.00 bits per heavy atom. The van der Waals surface area contributed by atoms with Gasteiger partial charge < -0.3 is 19.7 Å². The highest BCUT2D eigenvalue weighted by atomic mass is 19.4. The molecule has 0 spiro atoms. The molecule has 0 aromatic heterocycles. The van der Waals surface area contributed by atoms with Gasteiger partial charge in [0, 0.05) is 25.8 Å². The normalized spacial score (nSPS) is 22.1. The summed E-state index contributed by atoms with van der Waals surface area (Å²) in [5.74, 6) is -4.32. The van der Waals surface area contributed by atoms with Crippen LogP contribution in [0.1, 0.15) is 6.42 Å². The first kappa shape index (κ1) is 21.7. The molecule has 154 valence electrons. The topological polar surface area (TPSA) is 50.8 Å². The highest BCUT2D eigenvalue weighted by molar-refractivity contribution is 5.90. The van der Waals surface area contributed by atoms with Gasteiger partial charge in [0.2, 0.25) is 11.7 Å². The lowest BCUT2D eigenvalue weighted by Crippen LogP contribution is -2.62. The van der Waals surface area contributed by atoms with Gasteiger partial charge in [-0.05, 0) is 18.2 Å². The van der Waals surface area contributed by atoms with E-state index in [0.29, 0.717) is 0 Å². The third kappa shape index (κ3) is 3.44. The number of allylic oxidation sites excluding steroid dienone is 1. The van der Waals surface area contributed by atoms with Crippen molar-refractivity contribution in [3.63, 3.8) is 0 Å². The van der Waals surface area contributed by atoms with Crippen LogP contribution >= 0.6 is 0 Å². The zero-order valence-corrected chi connectivity index (χ0v) is 15.2. The van der Waals surface area contributed by atoms with E-state index in [1.54, 1.807) is 0 Å². The lowest BCUT2D eigenvalue weighted by Gasteiger charge is -2.38. The number of ether oxygens (including phenoxy) is 2. The van der Waals surface area contributed by atoms with E-state index in [1.165, 1.54) is 0 Å². The molecular formula is C18H19F5N2O3. The molecule has 1 N–H and O–H groups in total. The summed E-state index contributed by atoms with van der Waals surface area (Å²) >= 11 is 0. The van der Waals surface area contributed by atoms with Gasteiger partial charge in [-0.15, -0.1) is 0 Å². The molecule has 0 bridgehead atoms. The lowest BCUT2D eigenvalue weighted by atomic mass is 9.92. The van der Waals surface area contributed by atoms with Crippen LogP contribution in [-0.4, -0.2) is 44.5 Å².